The molecule has 2 rings (SSSR count). The average molecular weight is 268 g/mol. The molecule has 1 heterocycles. The molecule has 0 bridgehead atoms. The number of hydrogen-bond donors (Lipinski definition) is 0. The number of nitrogens with zero attached hydrogens (tertiary/aromatic N) is 1. The maximum Gasteiger partial charge on any atom is 0.229 e. The summed E-state index contributed by atoms with van der Waals surface area (Å²) in [5.41, 5.74) is 0.900. The molecule has 0 aliphatic carbocycles. The molecule has 96 valence electrons. The highest BCUT2D eigenvalue weighted by Gasteiger charge is 2.28. The predicted octanol–water partition coefficient (Wildman–Crippen LogP) is 2.04. The predicted molar refractivity (Wildman–Crippen MR) is 67.7 cm³/mol. The molecule has 1 aliphatic rings. The van der Waals surface area contributed by atoms with Gasteiger partial charge in [0.2, 0.25) is 11.8 Å². The molecule has 0 N–H and O–H groups in total. The zero-order valence-corrected chi connectivity index (χ0v) is 10.9. The van der Waals surface area contributed by atoms with Crippen molar-refractivity contribution in [3.63, 3.8) is 0 Å². The van der Waals surface area contributed by atoms with E-state index in [0.717, 1.165) is 11.3 Å². The molecular weight excluding hydrogens is 254 g/mol. The molecule has 1 aliphatic heterocycles. The second-order valence-electron chi connectivity index (χ2n) is 4.15. The monoisotopic (exact) mass is 267 g/mol. The highest BCUT2D eigenvalue weighted by molar-refractivity contribution is 6.30. The van der Waals surface area contributed by atoms with Crippen LogP contribution in [0.5, 0.6) is 5.75 Å². The molecule has 0 saturated carbocycles. The van der Waals surface area contributed by atoms with E-state index in [-0.39, 0.29) is 11.8 Å². The van der Waals surface area contributed by atoms with Crippen LogP contribution in [-0.2, 0) is 16.0 Å². The fourth-order valence-corrected chi connectivity index (χ4v) is 2.24. The number of imide groups is 1. The van der Waals surface area contributed by atoms with Gasteiger partial charge in [-0.1, -0.05) is 11.6 Å². The number of rotatable bonds is 4. The zero-order chi connectivity index (χ0) is 13.1. The van der Waals surface area contributed by atoms with Gasteiger partial charge in [-0.05, 0) is 30.2 Å². The first-order chi connectivity index (χ1) is 8.61. The first kappa shape index (κ1) is 12.9. The summed E-state index contributed by atoms with van der Waals surface area (Å²) < 4.78 is 5.22. The van der Waals surface area contributed by atoms with Crippen molar-refractivity contribution in [3.05, 3.63) is 28.8 Å². The Morgan fingerprint density at radius 2 is 1.94 bits per heavy atom. The largest absolute Gasteiger partial charge is 0.496 e. The number of methoxy groups -OCH3 is 1. The van der Waals surface area contributed by atoms with Crippen LogP contribution in [0.2, 0.25) is 5.02 Å². The van der Waals surface area contributed by atoms with Crippen LogP contribution in [0.15, 0.2) is 18.2 Å². The number of halogens is 1. The maximum atomic E-state index is 11.5. The summed E-state index contributed by atoms with van der Waals surface area (Å²) in [6.07, 6.45) is 1.21. The number of hydrogen-bond acceptors (Lipinski definition) is 3. The van der Waals surface area contributed by atoms with Crippen LogP contribution >= 0.6 is 11.6 Å². The van der Waals surface area contributed by atoms with Gasteiger partial charge in [-0.15, -0.1) is 0 Å². The average Bonchev–Trinajstić information content (AvgIpc) is 2.67. The van der Waals surface area contributed by atoms with E-state index in [1.165, 1.54) is 4.90 Å². The third kappa shape index (κ3) is 2.64. The molecule has 0 radical (unpaired) electrons. The Labute approximate surface area is 110 Å². The zero-order valence-electron chi connectivity index (χ0n) is 10.1. The van der Waals surface area contributed by atoms with Crippen LogP contribution in [0.1, 0.15) is 18.4 Å². The Balaban J connectivity index is 2.08. The molecule has 1 saturated heterocycles. The normalized spacial score (nSPS) is 15.3. The highest BCUT2D eigenvalue weighted by Crippen LogP contribution is 2.24. The van der Waals surface area contributed by atoms with Crippen LogP contribution in [0.4, 0.5) is 0 Å². The smallest absolute Gasteiger partial charge is 0.229 e. The van der Waals surface area contributed by atoms with Crippen molar-refractivity contribution >= 4 is 23.4 Å². The summed E-state index contributed by atoms with van der Waals surface area (Å²) in [6, 6.07) is 5.33. The minimum Gasteiger partial charge on any atom is -0.496 e. The topological polar surface area (TPSA) is 46.6 Å². The summed E-state index contributed by atoms with van der Waals surface area (Å²) in [6.45, 7) is 0.383. The SMILES string of the molecule is COc1ccc(Cl)cc1CCN1C(=O)CCC1=O. The molecule has 2 amide bonds. The van der Waals surface area contributed by atoms with E-state index in [9.17, 15) is 9.59 Å². The Kier molecular flexibility index (Phi) is 3.87. The van der Waals surface area contributed by atoms with Gasteiger partial charge in [0.25, 0.3) is 0 Å². The van der Waals surface area contributed by atoms with Crippen molar-refractivity contribution in [2.75, 3.05) is 13.7 Å². The van der Waals surface area contributed by atoms with Gasteiger partial charge in [-0.25, -0.2) is 0 Å². The van der Waals surface area contributed by atoms with Gasteiger partial charge in [0, 0.05) is 24.4 Å². The van der Waals surface area contributed by atoms with Gasteiger partial charge < -0.3 is 4.74 Å². The lowest BCUT2D eigenvalue weighted by molar-refractivity contribution is -0.138. The van der Waals surface area contributed by atoms with Crippen LogP contribution in [0.25, 0.3) is 0 Å². The fourth-order valence-electron chi connectivity index (χ4n) is 2.05. The van der Waals surface area contributed by atoms with Gasteiger partial charge >= 0.3 is 0 Å². The summed E-state index contributed by atoms with van der Waals surface area (Å²) >= 11 is 5.92. The molecule has 0 spiro atoms. The number of carbonyl (C=O) groups excluding carboxylic acids is 2. The van der Waals surface area contributed by atoms with Gasteiger partial charge in [-0.2, -0.15) is 0 Å². The third-order valence-electron chi connectivity index (χ3n) is 3.00. The molecule has 0 aromatic heterocycles. The van der Waals surface area contributed by atoms with Crippen LogP contribution in [0, 0.1) is 0 Å². The van der Waals surface area contributed by atoms with Gasteiger partial charge in [0.1, 0.15) is 5.75 Å². The van der Waals surface area contributed by atoms with Gasteiger partial charge in [0.05, 0.1) is 7.11 Å². The van der Waals surface area contributed by atoms with E-state index in [4.69, 9.17) is 16.3 Å². The van der Waals surface area contributed by atoms with Crippen LogP contribution in [-0.4, -0.2) is 30.4 Å². The van der Waals surface area contributed by atoms with Crippen LogP contribution < -0.4 is 4.74 Å². The van der Waals surface area contributed by atoms with Crippen molar-refractivity contribution in [1.29, 1.82) is 0 Å². The summed E-state index contributed by atoms with van der Waals surface area (Å²) in [5, 5.41) is 0.616. The Morgan fingerprint density at radius 1 is 1.28 bits per heavy atom. The first-order valence-electron chi connectivity index (χ1n) is 5.77. The third-order valence-corrected chi connectivity index (χ3v) is 3.24. The van der Waals surface area contributed by atoms with Crippen LogP contribution in [0.3, 0.4) is 0 Å². The number of ether oxygens (including phenoxy) is 1. The van der Waals surface area contributed by atoms with E-state index in [1.54, 1.807) is 25.3 Å². The molecular formula is C13H14ClNO3. The minimum absolute atomic E-state index is 0.0963. The molecule has 18 heavy (non-hydrogen) atoms. The number of likely N-dealkylation sites (tertiary alicyclic amines) is 1. The van der Waals surface area contributed by atoms with Crippen molar-refractivity contribution in [2.45, 2.75) is 19.3 Å². The second kappa shape index (κ2) is 5.40. The second-order valence-corrected chi connectivity index (χ2v) is 4.58. The fraction of sp³-hybridized carbons (Fsp3) is 0.385. The van der Waals surface area contributed by atoms with E-state index in [1.807, 2.05) is 0 Å². The van der Waals surface area contributed by atoms with E-state index < -0.39 is 0 Å². The number of carbonyl (C=O) groups is 2. The van der Waals surface area contributed by atoms with E-state index in [0.29, 0.717) is 30.8 Å². The lowest BCUT2D eigenvalue weighted by atomic mass is 10.1. The molecule has 4 nitrogen and oxygen atoms in total. The summed E-state index contributed by atoms with van der Waals surface area (Å²) in [7, 11) is 1.58. The number of amides is 2. The Bertz CT molecular complexity index is 471. The molecule has 0 atom stereocenters. The van der Waals surface area contributed by atoms with E-state index >= 15 is 0 Å². The maximum absolute atomic E-state index is 11.5. The van der Waals surface area contributed by atoms with Gasteiger partial charge in [-0.3, -0.25) is 14.5 Å². The minimum atomic E-state index is -0.0963. The van der Waals surface area contributed by atoms with Crippen molar-refractivity contribution in [3.8, 4) is 5.75 Å². The summed E-state index contributed by atoms with van der Waals surface area (Å²) in [5.74, 6) is 0.528. The number of benzene rings is 1. The molecule has 0 unspecified atom stereocenters. The Morgan fingerprint density at radius 3 is 2.56 bits per heavy atom. The van der Waals surface area contributed by atoms with Crippen molar-refractivity contribution in [2.24, 2.45) is 0 Å². The van der Waals surface area contributed by atoms with E-state index in [2.05, 4.69) is 0 Å². The quantitative estimate of drug-likeness (QED) is 0.785. The van der Waals surface area contributed by atoms with Crippen molar-refractivity contribution in [1.82, 2.24) is 4.90 Å². The molecule has 5 heteroatoms. The lowest BCUT2D eigenvalue weighted by Gasteiger charge is -2.15. The molecule has 1 aromatic carbocycles. The first-order valence-corrected chi connectivity index (χ1v) is 6.15. The highest BCUT2D eigenvalue weighted by atomic mass is 35.5. The van der Waals surface area contributed by atoms with Gasteiger partial charge in [0.15, 0.2) is 0 Å². The Hall–Kier alpha value is -1.55. The standard InChI is InChI=1S/C13H14ClNO3/c1-18-11-3-2-10(14)8-9(11)6-7-15-12(16)4-5-13(15)17/h2-3,8H,4-7H2,1H3. The summed E-state index contributed by atoms with van der Waals surface area (Å²) in [4.78, 5) is 24.3. The lowest BCUT2D eigenvalue weighted by Crippen LogP contribution is -2.31. The molecule has 1 aromatic rings. The molecule has 1 fully saturated rings. The van der Waals surface area contributed by atoms with Crippen molar-refractivity contribution < 1.29 is 14.3 Å².